The molecule has 0 aliphatic carbocycles. The van der Waals surface area contributed by atoms with E-state index in [-0.39, 0.29) is 23.9 Å². The largest absolute Gasteiger partial charge is 0.508 e. The minimum atomic E-state index is -0.206. The third-order valence-electron chi connectivity index (χ3n) is 4.96. The normalized spacial score (nSPS) is 17.5. The molecule has 0 aromatic heterocycles. The number of carbonyl (C=O) groups excluding carboxylic acids is 1. The summed E-state index contributed by atoms with van der Waals surface area (Å²) >= 11 is 0. The first-order chi connectivity index (χ1) is 12.1. The number of hydrogen-bond donors (Lipinski definition) is 1. The van der Waals surface area contributed by atoms with Crippen LogP contribution in [-0.2, 0) is 17.6 Å². The van der Waals surface area contributed by atoms with Crippen LogP contribution in [0.25, 0.3) is 0 Å². The maximum absolute atomic E-state index is 13.0. The van der Waals surface area contributed by atoms with Crippen LogP contribution in [0.5, 0.6) is 5.75 Å². The molecule has 1 aliphatic heterocycles. The Morgan fingerprint density at radius 3 is 2.68 bits per heavy atom. The van der Waals surface area contributed by atoms with Crippen molar-refractivity contribution in [3.63, 3.8) is 0 Å². The molecule has 1 unspecified atom stereocenters. The number of phenols is 1. The highest BCUT2D eigenvalue weighted by Crippen LogP contribution is 2.23. The van der Waals surface area contributed by atoms with Gasteiger partial charge in [0.1, 0.15) is 11.6 Å². The van der Waals surface area contributed by atoms with Gasteiger partial charge in [0.25, 0.3) is 0 Å². The molecular weight excluding hydrogens is 317 g/mol. The number of aryl methyl sites for hydroxylation is 1. The number of para-hydroxylation sites is 1. The Hall–Kier alpha value is -2.36. The second-order valence-corrected chi connectivity index (χ2v) is 6.82. The molecule has 0 bridgehead atoms. The van der Waals surface area contributed by atoms with Gasteiger partial charge in [-0.3, -0.25) is 4.79 Å². The zero-order chi connectivity index (χ0) is 17.6. The van der Waals surface area contributed by atoms with Gasteiger partial charge in [0, 0.05) is 18.7 Å². The minimum absolute atomic E-state index is 0.0768. The van der Waals surface area contributed by atoms with E-state index >= 15 is 0 Å². The molecule has 2 aromatic rings. The van der Waals surface area contributed by atoms with Crippen LogP contribution in [0.1, 0.15) is 30.4 Å². The van der Waals surface area contributed by atoms with Crippen molar-refractivity contribution in [2.75, 3.05) is 13.1 Å². The molecule has 2 aromatic carbocycles. The highest BCUT2D eigenvalue weighted by Gasteiger charge is 2.24. The Morgan fingerprint density at radius 1 is 1.16 bits per heavy atom. The van der Waals surface area contributed by atoms with Crippen LogP contribution in [0, 0.1) is 11.7 Å². The van der Waals surface area contributed by atoms with Gasteiger partial charge in [-0.15, -0.1) is 0 Å². The van der Waals surface area contributed by atoms with Crippen molar-refractivity contribution in [2.45, 2.75) is 32.1 Å². The third kappa shape index (κ3) is 4.81. The summed E-state index contributed by atoms with van der Waals surface area (Å²) in [4.78, 5) is 14.5. The minimum Gasteiger partial charge on any atom is -0.508 e. The van der Waals surface area contributed by atoms with Crippen LogP contribution in [-0.4, -0.2) is 29.0 Å². The second kappa shape index (κ2) is 8.15. The van der Waals surface area contributed by atoms with Crippen molar-refractivity contribution in [3.8, 4) is 5.75 Å². The molecule has 1 atom stereocenters. The van der Waals surface area contributed by atoms with Crippen LogP contribution in [0.3, 0.4) is 0 Å². The molecule has 25 heavy (non-hydrogen) atoms. The summed E-state index contributed by atoms with van der Waals surface area (Å²) in [6.45, 7) is 1.56. The molecule has 4 heteroatoms. The van der Waals surface area contributed by atoms with Crippen molar-refractivity contribution < 1.29 is 14.3 Å². The molecule has 1 amide bonds. The molecule has 0 spiro atoms. The van der Waals surface area contributed by atoms with Gasteiger partial charge in [-0.05, 0) is 55.4 Å². The molecule has 132 valence electrons. The number of hydrogen-bond acceptors (Lipinski definition) is 2. The first-order valence-electron chi connectivity index (χ1n) is 8.91. The third-order valence-corrected chi connectivity index (χ3v) is 4.96. The number of carbonyl (C=O) groups is 1. The molecule has 0 radical (unpaired) electrons. The quantitative estimate of drug-likeness (QED) is 0.895. The highest BCUT2D eigenvalue weighted by molar-refractivity contribution is 5.79. The molecule has 1 aliphatic rings. The van der Waals surface area contributed by atoms with Crippen molar-refractivity contribution >= 4 is 5.91 Å². The van der Waals surface area contributed by atoms with E-state index < -0.39 is 0 Å². The van der Waals surface area contributed by atoms with Gasteiger partial charge >= 0.3 is 0 Å². The average molecular weight is 341 g/mol. The number of rotatable bonds is 5. The standard InChI is InChI=1S/C21H24FNO2/c22-19-11-9-16(10-12-19)7-8-17-4-3-13-23(15-17)21(25)14-18-5-1-2-6-20(18)24/h1-2,5-6,9-12,17,24H,3-4,7-8,13-15H2. The lowest BCUT2D eigenvalue weighted by Gasteiger charge is -2.33. The summed E-state index contributed by atoms with van der Waals surface area (Å²) < 4.78 is 13.0. The Kier molecular flexibility index (Phi) is 5.69. The van der Waals surface area contributed by atoms with Gasteiger partial charge in [0.2, 0.25) is 5.91 Å². The van der Waals surface area contributed by atoms with Crippen LogP contribution in [0.15, 0.2) is 48.5 Å². The van der Waals surface area contributed by atoms with E-state index in [1.54, 1.807) is 18.2 Å². The fourth-order valence-electron chi connectivity index (χ4n) is 3.48. The zero-order valence-corrected chi connectivity index (χ0v) is 14.3. The van der Waals surface area contributed by atoms with Gasteiger partial charge in [-0.2, -0.15) is 0 Å². The number of halogens is 1. The van der Waals surface area contributed by atoms with E-state index in [0.29, 0.717) is 11.5 Å². The van der Waals surface area contributed by atoms with Crippen LogP contribution in [0.2, 0.25) is 0 Å². The zero-order valence-electron chi connectivity index (χ0n) is 14.3. The number of benzene rings is 2. The van der Waals surface area contributed by atoms with E-state index in [2.05, 4.69) is 0 Å². The van der Waals surface area contributed by atoms with Crippen molar-refractivity contribution in [2.24, 2.45) is 5.92 Å². The summed E-state index contributed by atoms with van der Waals surface area (Å²) in [5.74, 6) is 0.531. The molecule has 1 heterocycles. The van der Waals surface area contributed by atoms with E-state index in [1.165, 1.54) is 12.1 Å². The van der Waals surface area contributed by atoms with Crippen molar-refractivity contribution in [1.29, 1.82) is 0 Å². The molecule has 1 fully saturated rings. The first-order valence-corrected chi connectivity index (χ1v) is 8.91. The van der Waals surface area contributed by atoms with E-state index in [1.807, 2.05) is 23.1 Å². The molecule has 0 saturated carbocycles. The van der Waals surface area contributed by atoms with Crippen LogP contribution < -0.4 is 0 Å². The molecule has 3 rings (SSSR count). The monoisotopic (exact) mass is 341 g/mol. The lowest BCUT2D eigenvalue weighted by atomic mass is 9.91. The number of nitrogens with zero attached hydrogens (tertiary/aromatic N) is 1. The lowest BCUT2D eigenvalue weighted by Crippen LogP contribution is -2.40. The van der Waals surface area contributed by atoms with Crippen LogP contribution in [0.4, 0.5) is 4.39 Å². The maximum Gasteiger partial charge on any atom is 0.227 e. The van der Waals surface area contributed by atoms with Gasteiger partial charge in [-0.1, -0.05) is 30.3 Å². The first kappa shape index (κ1) is 17.5. The van der Waals surface area contributed by atoms with Gasteiger partial charge < -0.3 is 10.0 Å². The smallest absolute Gasteiger partial charge is 0.227 e. The Balaban J connectivity index is 1.52. The number of phenolic OH excluding ortho intramolecular Hbond substituents is 1. The molecular formula is C21H24FNO2. The van der Waals surface area contributed by atoms with Gasteiger partial charge in [-0.25, -0.2) is 4.39 Å². The summed E-state index contributed by atoms with van der Waals surface area (Å²) in [5.41, 5.74) is 1.82. The molecule has 1 N–H and O–H groups in total. The number of piperidine rings is 1. The van der Waals surface area contributed by atoms with E-state index in [4.69, 9.17) is 0 Å². The summed E-state index contributed by atoms with van der Waals surface area (Å²) in [7, 11) is 0. The fraction of sp³-hybridized carbons (Fsp3) is 0.381. The van der Waals surface area contributed by atoms with Crippen LogP contribution >= 0.6 is 0 Å². The fourth-order valence-corrected chi connectivity index (χ4v) is 3.48. The van der Waals surface area contributed by atoms with Gasteiger partial charge in [0.15, 0.2) is 0 Å². The van der Waals surface area contributed by atoms with E-state index in [9.17, 15) is 14.3 Å². The summed E-state index contributed by atoms with van der Waals surface area (Å²) in [6, 6.07) is 13.7. The Labute approximate surface area is 148 Å². The SMILES string of the molecule is O=C(Cc1ccccc1O)N1CCCC(CCc2ccc(F)cc2)C1. The molecule has 3 nitrogen and oxygen atoms in total. The summed E-state index contributed by atoms with van der Waals surface area (Å²) in [5, 5.41) is 9.84. The predicted molar refractivity (Wildman–Crippen MR) is 95.8 cm³/mol. The van der Waals surface area contributed by atoms with Crippen molar-refractivity contribution in [1.82, 2.24) is 4.90 Å². The van der Waals surface area contributed by atoms with E-state index in [0.717, 1.165) is 44.3 Å². The van der Waals surface area contributed by atoms with Crippen molar-refractivity contribution in [3.05, 3.63) is 65.5 Å². The number of aromatic hydroxyl groups is 1. The second-order valence-electron chi connectivity index (χ2n) is 6.82. The van der Waals surface area contributed by atoms with Gasteiger partial charge in [0.05, 0.1) is 6.42 Å². The predicted octanol–water partition coefficient (Wildman–Crippen LogP) is 3.95. The number of amides is 1. The topological polar surface area (TPSA) is 40.5 Å². The Morgan fingerprint density at radius 2 is 1.92 bits per heavy atom. The Bertz CT molecular complexity index is 714. The number of likely N-dealkylation sites (tertiary alicyclic amines) is 1. The average Bonchev–Trinajstić information content (AvgIpc) is 2.63. The lowest BCUT2D eigenvalue weighted by molar-refractivity contribution is -0.132. The summed E-state index contributed by atoms with van der Waals surface area (Å²) in [6.07, 6.45) is 4.30. The highest BCUT2D eigenvalue weighted by atomic mass is 19.1. The maximum atomic E-state index is 13.0. The molecule has 1 saturated heterocycles.